The maximum atomic E-state index is 12.5. The van der Waals surface area contributed by atoms with Crippen LogP contribution in [-0.2, 0) is 14.3 Å². The number of hydrogen-bond donors (Lipinski definition) is 3. The molecule has 30 heavy (non-hydrogen) atoms. The van der Waals surface area contributed by atoms with Crippen LogP contribution in [-0.4, -0.2) is 29.5 Å². The van der Waals surface area contributed by atoms with Crippen molar-refractivity contribution in [2.45, 2.75) is 19.4 Å². The third-order valence-electron chi connectivity index (χ3n) is 4.27. The lowest BCUT2D eigenvalue weighted by Gasteiger charge is -2.25. The predicted octanol–water partition coefficient (Wildman–Crippen LogP) is 4.66. The Kier molecular flexibility index (Phi) is 9.26. The van der Waals surface area contributed by atoms with Gasteiger partial charge in [0, 0.05) is 20.7 Å². The number of esters is 1. The van der Waals surface area contributed by atoms with Gasteiger partial charge in [0.05, 0.1) is 24.0 Å². The fourth-order valence-corrected chi connectivity index (χ4v) is 3.29. The fourth-order valence-electron chi connectivity index (χ4n) is 2.69. The first-order valence-electron chi connectivity index (χ1n) is 9.06. The first-order chi connectivity index (χ1) is 14.3. The van der Waals surface area contributed by atoms with Crippen LogP contribution in [0.5, 0.6) is 5.75 Å². The number of thiol groups is 1. The standard InChI is InChI=1S/C21H21IN2O5S/c1-13(8-9-28-19(26)12-30)20(17-10-15(22)4-7-18(17)25)29-21(27)24-16-5-2-14(11-23)3-6-16/h2-7,10,13,20,25,30H,8-9,12H2,1H3,(H,24,27)/t13-,20+/m1/s1. The first-order valence-corrected chi connectivity index (χ1v) is 10.8. The zero-order valence-corrected chi connectivity index (χ0v) is 19.2. The number of nitriles is 1. The highest BCUT2D eigenvalue weighted by atomic mass is 127. The highest BCUT2D eigenvalue weighted by Gasteiger charge is 2.27. The Morgan fingerprint density at radius 3 is 2.60 bits per heavy atom. The molecule has 0 bridgehead atoms. The molecule has 0 saturated heterocycles. The molecule has 1 amide bonds. The van der Waals surface area contributed by atoms with Crippen LogP contribution in [0.1, 0.15) is 30.6 Å². The van der Waals surface area contributed by atoms with Crippen molar-refractivity contribution in [3.8, 4) is 11.8 Å². The molecule has 0 spiro atoms. The molecule has 2 aromatic carbocycles. The van der Waals surface area contributed by atoms with E-state index >= 15 is 0 Å². The zero-order chi connectivity index (χ0) is 22.1. The van der Waals surface area contributed by atoms with E-state index < -0.39 is 18.2 Å². The second kappa shape index (κ2) is 11.7. The van der Waals surface area contributed by atoms with Gasteiger partial charge < -0.3 is 14.6 Å². The van der Waals surface area contributed by atoms with Crippen LogP contribution in [0.15, 0.2) is 42.5 Å². The SMILES string of the molecule is C[C@H](CCOC(=O)CS)[C@H](OC(=O)Nc1ccc(C#N)cc1)c1cc(I)ccc1O. The average molecular weight is 540 g/mol. The summed E-state index contributed by atoms with van der Waals surface area (Å²) in [6.45, 7) is 1.98. The summed E-state index contributed by atoms with van der Waals surface area (Å²) < 4.78 is 11.6. The Hall–Kier alpha value is -2.45. The molecule has 0 heterocycles. The molecular weight excluding hydrogens is 519 g/mol. The number of benzene rings is 2. The second-order valence-corrected chi connectivity index (χ2v) is 8.05. The number of nitrogens with zero attached hydrogens (tertiary/aromatic N) is 1. The minimum atomic E-state index is -0.771. The van der Waals surface area contributed by atoms with Crippen molar-refractivity contribution in [3.63, 3.8) is 0 Å². The van der Waals surface area contributed by atoms with Crippen molar-refractivity contribution >= 4 is 53.0 Å². The number of aromatic hydroxyl groups is 1. The molecule has 2 rings (SSSR count). The molecule has 0 fully saturated rings. The maximum absolute atomic E-state index is 12.5. The number of rotatable bonds is 8. The van der Waals surface area contributed by atoms with Crippen LogP contribution in [0.25, 0.3) is 0 Å². The van der Waals surface area contributed by atoms with E-state index in [2.05, 4.69) is 40.5 Å². The molecule has 0 aliphatic carbocycles. The van der Waals surface area contributed by atoms with E-state index in [1.807, 2.05) is 13.0 Å². The lowest BCUT2D eigenvalue weighted by Crippen LogP contribution is -2.23. The molecule has 0 aliphatic rings. The number of halogens is 1. The van der Waals surface area contributed by atoms with E-state index in [-0.39, 0.29) is 24.0 Å². The molecule has 7 nitrogen and oxygen atoms in total. The minimum absolute atomic E-state index is 0.00536. The third-order valence-corrected chi connectivity index (χ3v) is 5.20. The molecule has 9 heteroatoms. The maximum Gasteiger partial charge on any atom is 0.412 e. The van der Waals surface area contributed by atoms with Crippen LogP contribution in [0.2, 0.25) is 0 Å². The van der Waals surface area contributed by atoms with Crippen LogP contribution >= 0.6 is 35.2 Å². The van der Waals surface area contributed by atoms with Gasteiger partial charge in [-0.05, 0) is 71.5 Å². The highest BCUT2D eigenvalue weighted by Crippen LogP contribution is 2.35. The zero-order valence-electron chi connectivity index (χ0n) is 16.2. The van der Waals surface area contributed by atoms with Crippen molar-refractivity contribution in [2.24, 2.45) is 5.92 Å². The van der Waals surface area contributed by atoms with Gasteiger partial charge in [0.1, 0.15) is 11.9 Å². The van der Waals surface area contributed by atoms with E-state index in [9.17, 15) is 14.7 Å². The normalized spacial score (nSPS) is 12.3. The Balaban J connectivity index is 2.15. The van der Waals surface area contributed by atoms with E-state index in [1.54, 1.807) is 42.5 Å². The van der Waals surface area contributed by atoms with E-state index in [0.717, 1.165) is 3.57 Å². The number of phenolic OH excluding ortho intramolecular Hbond substituents is 1. The summed E-state index contributed by atoms with van der Waals surface area (Å²) in [7, 11) is 0. The number of hydrogen-bond acceptors (Lipinski definition) is 7. The summed E-state index contributed by atoms with van der Waals surface area (Å²) in [4.78, 5) is 23.8. The molecule has 2 aromatic rings. The average Bonchev–Trinajstić information content (AvgIpc) is 2.74. The van der Waals surface area contributed by atoms with Crippen LogP contribution in [0.3, 0.4) is 0 Å². The first kappa shape index (κ1) is 23.8. The molecule has 0 aromatic heterocycles. The second-order valence-electron chi connectivity index (χ2n) is 6.49. The third kappa shape index (κ3) is 7.11. The number of anilines is 1. The van der Waals surface area contributed by atoms with Gasteiger partial charge in [0.15, 0.2) is 0 Å². The van der Waals surface area contributed by atoms with Crippen molar-refractivity contribution < 1.29 is 24.2 Å². The van der Waals surface area contributed by atoms with Gasteiger partial charge in [0.25, 0.3) is 0 Å². The lowest BCUT2D eigenvalue weighted by atomic mass is 9.94. The molecular formula is C21H21IN2O5S. The molecule has 158 valence electrons. The van der Waals surface area contributed by atoms with Gasteiger partial charge in [-0.15, -0.1) is 0 Å². The van der Waals surface area contributed by atoms with Gasteiger partial charge >= 0.3 is 12.1 Å². The van der Waals surface area contributed by atoms with Gasteiger partial charge in [-0.3, -0.25) is 10.1 Å². The predicted molar refractivity (Wildman–Crippen MR) is 123 cm³/mol. The number of phenols is 1. The van der Waals surface area contributed by atoms with Gasteiger partial charge in [-0.25, -0.2) is 4.79 Å². The summed E-state index contributed by atoms with van der Waals surface area (Å²) >= 11 is 5.97. The monoisotopic (exact) mass is 540 g/mol. The number of nitrogens with one attached hydrogen (secondary N) is 1. The highest BCUT2D eigenvalue weighted by molar-refractivity contribution is 14.1. The minimum Gasteiger partial charge on any atom is -0.508 e. The Morgan fingerprint density at radius 2 is 1.97 bits per heavy atom. The number of carbonyl (C=O) groups is 2. The van der Waals surface area contributed by atoms with Gasteiger partial charge in [-0.2, -0.15) is 17.9 Å². The number of carbonyl (C=O) groups excluding carboxylic acids is 2. The molecule has 0 saturated carbocycles. The van der Waals surface area contributed by atoms with Gasteiger partial charge in [0.2, 0.25) is 0 Å². The van der Waals surface area contributed by atoms with Crippen molar-refractivity contribution in [3.05, 3.63) is 57.2 Å². The quantitative estimate of drug-likeness (QED) is 0.256. The fraction of sp³-hybridized carbons (Fsp3) is 0.286. The molecule has 0 aliphatic heterocycles. The van der Waals surface area contributed by atoms with Crippen molar-refractivity contribution in [1.29, 1.82) is 5.26 Å². The van der Waals surface area contributed by atoms with Crippen LogP contribution in [0, 0.1) is 20.8 Å². The summed E-state index contributed by atoms with van der Waals surface area (Å²) in [6.07, 6.45) is -1.06. The van der Waals surface area contributed by atoms with Gasteiger partial charge in [-0.1, -0.05) is 6.92 Å². The lowest BCUT2D eigenvalue weighted by molar-refractivity contribution is -0.141. The summed E-state index contributed by atoms with van der Waals surface area (Å²) in [6, 6.07) is 13.4. The molecule has 2 N–H and O–H groups in total. The van der Waals surface area contributed by atoms with Crippen LogP contribution < -0.4 is 5.32 Å². The van der Waals surface area contributed by atoms with E-state index in [1.165, 1.54) is 0 Å². The molecule has 0 radical (unpaired) electrons. The Bertz CT molecular complexity index is 930. The van der Waals surface area contributed by atoms with E-state index in [0.29, 0.717) is 23.2 Å². The van der Waals surface area contributed by atoms with E-state index in [4.69, 9.17) is 14.7 Å². The van der Waals surface area contributed by atoms with Crippen molar-refractivity contribution in [1.82, 2.24) is 0 Å². The molecule has 2 atom stereocenters. The Morgan fingerprint density at radius 1 is 1.27 bits per heavy atom. The summed E-state index contributed by atoms with van der Waals surface area (Å²) in [5.41, 5.74) is 1.41. The Labute approximate surface area is 193 Å². The smallest absolute Gasteiger partial charge is 0.412 e. The summed E-state index contributed by atoms with van der Waals surface area (Å²) in [5.74, 6) is -0.697. The molecule has 0 unspecified atom stereocenters. The number of amides is 1. The number of ether oxygens (including phenoxy) is 2. The van der Waals surface area contributed by atoms with Crippen LogP contribution in [0.4, 0.5) is 10.5 Å². The largest absolute Gasteiger partial charge is 0.508 e. The summed E-state index contributed by atoms with van der Waals surface area (Å²) in [5, 5.41) is 21.8. The topological polar surface area (TPSA) is 109 Å². The van der Waals surface area contributed by atoms with Crippen molar-refractivity contribution in [2.75, 3.05) is 17.7 Å².